The number of benzene rings is 1. The third-order valence-electron chi connectivity index (χ3n) is 4.24. The molecule has 2 aromatic heterocycles. The van der Waals surface area contributed by atoms with Crippen LogP contribution in [-0.4, -0.2) is 56.0 Å². The van der Waals surface area contributed by atoms with Gasteiger partial charge in [0.1, 0.15) is 12.7 Å². The van der Waals surface area contributed by atoms with E-state index >= 15 is 0 Å². The van der Waals surface area contributed by atoms with Gasteiger partial charge in [0.25, 0.3) is 0 Å². The van der Waals surface area contributed by atoms with E-state index in [1.54, 1.807) is 12.7 Å². The number of unbranched alkanes of at least 4 members (excludes halogenated alkanes) is 1. The molecule has 0 aliphatic heterocycles. The molecule has 8 nitrogen and oxygen atoms in total. The number of guanidine groups is 1. The molecule has 0 amide bonds. The van der Waals surface area contributed by atoms with Crippen LogP contribution in [0.5, 0.6) is 0 Å². The number of rotatable bonds is 8. The molecule has 0 fully saturated rings. The van der Waals surface area contributed by atoms with Crippen LogP contribution < -0.4 is 5.32 Å². The third kappa shape index (κ3) is 6.32. The predicted molar refractivity (Wildman–Crippen MR) is 121 cm³/mol. The second-order valence-corrected chi connectivity index (χ2v) is 6.37. The highest BCUT2D eigenvalue weighted by atomic mass is 127. The highest BCUT2D eigenvalue weighted by molar-refractivity contribution is 14.0. The van der Waals surface area contributed by atoms with E-state index in [9.17, 15) is 0 Å². The monoisotopic (exact) mass is 494 g/mol. The molecular formula is C19H27IN8. The van der Waals surface area contributed by atoms with Crippen LogP contribution in [-0.2, 0) is 13.1 Å². The van der Waals surface area contributed by atoms with E-state index in [-0.39, 0.29) is 24.0 Å². The van der Waals surface area contributed by atoms with Crippen molar-refractivity contribution in [1.29, 1.82) is 0 Å². The average molecular weight is 494 g/mol. The molecule has 0 atom stereocenters. The number of nitrogens with one attached hydrogen (secondary N) is 1. The molecular weight excluding hydrogens is 467 g/mol. The molecule has 0 saturated carbocycles. The summed E-state index contributed by atoms with van der Waals surface area (Å²) < 4.78 is 3.88. The summed E-state index contributed by atoms with van der Waals surface area (Å²) >= 11 is 0. The van der Waals surface area contributed by atoms with Gasteiger partial charge in [-0.25, -0.2) is 4.68 Å². The Hall–Kier alpha value is -2.43. The van der Waals surface area contributed by atoms with Gasteiger partial charge in [-0.1, -0.05) is 18.2 Å². The SMILES string of the molecule is CN=C(NCCCCn1cnnc1)N(C)Cc1cnn(-c2ccccc2)c1.I. The van der Waals surface area contributed by atoms with Crippen LogP contribution in [0.2, 0.25) is 0 Å². The van der Waals surface area contributed by atoms with Crippen molar-refractivity contribution < 1.29 is 0 Å². The van der Waals surface area contributed by atoms with Crippen molar-refractivity contribution in [3.05, 3.63) is 60.9 Å². The van der Waals surface area contributed by atoms with Crippen molar-refractivity contribution >= 4 is 29.9 Å². The lowest BCUT2D eigenvalue weighted by atomic mass is 10.3. The molecule has 3 rings (SSSR count). The van der Waals surface area contributed by atoms with Gasteiger partial charge < -0.3 is 14.8 Å². The zero-order valence-corrected chi connectivity index (χ0v) is 18.6. The van der Waals surface area contributed by atoms with Crippen molar-refractivity contribution in [3.8, 4) is 5.69 Å². The molecule has 0 aliphatic rings. The van der Waals surface area contributed by atoms with E-state index in [0.29, 0.717) is 0 Å². The van der Waals surface area contributed by atoms with Crippen LogP contribution >= 0.6 is 24.0 Å². The summed E-state index contributed by atoms with van der Waals surface area (Å²) in [4.78, 5) is 6.48. The first-order valence-corrected chi connectivity index (χ1v) is 9.09. The highest BCUT2D eigenvalue weighted by Crippen LogP contribution is 2.09. The lowest BCUT2D eigenvalue weighted by Gasteiger charge is -2.21. The maximum atomic E-state index is 4.45. The molecule has 0 saturated heterocycles. The van der Waals surface area contributed by atoms with E-state index in [1.165, 1.54) is 0 Å². The maximum absolute atomic E-state index is 4.45. The molecule has 0 radical (unpaired) electrons. The van der Waals surface area contributed by atoms with Crippen LogP contribution in [0.3, 0.4) is 0 Å². The normalized spacial score (nSPS) is 11.1. The lowest BCUT2D eigenvalue weighted by Crippen LogP contribution is -2.38. The van der Waals surface area contributed by atoms with E-state index in [1.807, 2.05) is 59.9 Å². The standard InChI is InChI=1S/C19H26N8.HI/c1-20-19(21-10-6-7-11-26-15-22-23-16-26)25(2)13-17-12-24-27(14-17)18-8-4-3-5-9-18;/h3-5,8-9,12,14-16H,6-7,10-11,13H2,1-2H3,(H,20,21);1H. The molecule has 150 valence electrons. The number of para-hydroxylation sites is 1. The summed E-state index contributed by atoms with van der Waals surface area (Å²) in [6.45, 7) is 2.55. The predicted octanol–water partition coefficient (Wildman–Crippen LogP) is 2.57. The van der Waals surface area contributed by atoms with Crippen LogP contribution in [0.15, 0.2) is 60.4 Å². The van der Waals surface area contributed by atoms with E-state index < -0.39 is 0 Å². The number of aryl methyl sites for hydroxylation is 1. The lowest BCUT2D eigenvalue weighted by molar-refractivity contribution is 0.473. The summed E-state index contributed by atoms with van der Waals surface area (Å²) in [6, 6.07) is 10.1. The first-order valence-electron chi connectivity index (χ1n) is 9.09. The van der Waals surface area contributed by atoms with Gasteiger partial charge in [-0.3, -0.25) is 4.99 Å². The third-order valence-corrected chi connectivity index (χ3v) is 4.24. The fraction of sp³-hybridized carbons (Fsp3) is 0.368. The smallest absolute Gasteiger partial charge is 0.193 e. The largest absolute Gasteiger partial charge is 0.356 e. The van der Waals surface area contributed by atoms with Crippen molar-refractivity contribution in [2.24, 2.45) is 4.99 Å². The first kappa shape index (κ1) is 21.9. The minimum atomic E-state index is 0. The van der Waals surface area contributed by atoms with Crippen LogP contribution in [0.1, 0.15) is 18.4 Å². The van der Waals surface area contributed by atoms with Gasteiger partial charge in [0, 0.05) is 45.5 Å². The topological polar surface area (TPSA) is 76.2 Å². The maximum Gasteiger partial charge on any atom is 0.193 e. The van der Waals surface area contributed by atoms with Gasteiger partial charge in [0.15, 0.2) is 5.96 Å². The Labute approximate surface area is 182 Å². The van der Waals surface area contributed by atoms with Gasteiger partial charge in [0.2, 0.25) is 0 Å². The molecule has 28 heavy (non-hydrogen) atoms. The Kier molecular flexibility index (Phi) is 8.92. The number of hydrogen-bond acceptors (Lipinski definition) is 4. The number of aliphatic imine (C=N–C) groups is 1. The Bertz CT molecular complexity index is 829. The van der Waals surface area contributed by atoms with Gasteiger partial charge in [-0.05, 0) is 25.0 Å². The minimum absolute atomic E-state index is 0. The molecule has 1 aromatic carbocycles. The Morgan fingerprint density at radius 3 is 2.61 bits per heavy atom. The summed E-state index contributed by atoms with van der Waals surface area (Å²) in [7, 11) is 3.84. The quantitative estimate of drug-likeness (QED) is 0.226. The molecule has 0 unspecified atom stereocenters. The fourth-order valence-corrected chi connectivity index (χ4v) is 2.85. The van der Waals surface area contributed by atoms with Gasteiger partial charge in [-0.2, -0.15) is 5.10 Å². The second kappa shape index (κ2) is 11.4. The molecule has 0 spiro atoms. The summed E-state index contributed by atoms with van der Waals surface area (Å²) in [5, 5.41) is 15.5. The minimum Gasteiger partial charge on any atom is -0.356 e. The van der Waals surface area contributed by atoms with Gasteiger partial charge >= 0.3 is 0 Å². The van der Waals surface area contributed by atoms with Gasteiger partial charge in [-0.15, -0.1) is 34.2 Å². The van der Waals surface area contributed by atoms with Crippen LogP contribution in [0, 0.1) is 0 Å². The van der Waals surface area contributed by atoms with Crippen LogP contribution in [0.25, 0.3) is 5.69 Å². The van der Waals surface area contributed by atoms with E-state index in [0.717, 1.165) is 49.7 Å². The fourth-order valence-electron chi connectivity index (χ4n) is 2.85. The van der Waals surface area contributed by atoms with E-state index in [2.05, 4.69) is 36.7 Å². The second-order valence-electron chi connectivity index (χ2n) is 6.37. The summed E-state index contributed by atoms with van der Waals surface area (Å²) in [6.07, 6.45) is 9.56. The first-order chi connectivity index (χ1) is 13.3. The number of aromatic nitrogens is 5. The van der Waals surface area contributed by atoms with Crippen molar-refractivity contribution in [1.82, 2.24) is 34.8 Å². The zero-order valence-electron chi connectivity index (χ0n) is 16.3. The van der Waals surface area contributed by atoms with Crippen molar-refractivity contribution in [3.63, 3.8) is 0 Å². The molecule has 1 N–H and O–H groups in total. The van der Waals surface area contributed by atoms with Crippen molar-refractivity contribution in [2.45, 2.75) is 25.9 Å². The molecule has 3 aromatic rings. The van der Waals surface area contributed by atoms with Crippen LogP contribution in [0.4, 0.5) is 0 Å². The Balaban J connectivity index is 0.00000280. The Morgan fingerprint density at radius 1 is 1.14 bits per heavy atom. The summed E-state index contributed by atoms with van der Waals surface area (Å²) in [5.74, 6) is 0.881. The molecule has 2 heterocycles. The zero-order chi connectivity index (χ0) is 18.9. The molecule has 0 bridgehead atoms. The highest BCUT2D eigenvalue weighted by Gasteiger charge is 2.08. The number of nitrogens with zero attached hydrogens (tertiary/aromatic N) is 7. The van der Waals surface area contributed by atoms with Gasteiger partial charge in [0.05, 0.1) is 11.9 Å². The molecule has 0 aliphatic carbocycles. The Morgan fingerprint density at radius 2 is 1.89 bits per heavy atom. The number of halogens is 1. The number of hydrogen-bond donors (Lipinski definition) is 1. The van der Waals surface area contributed by atoms with Crippen molar-refractivity contribution in [2.75, 3.05) is 20.6 Å². The van der Waals surface area contributed by atoms with E-state index in [4.69, 9.17) is 0 Å². The summed E-state index contributed by atoms with van der Waals surface area (Å²) in [5.41, 5.74) is 2.19. The molecule has 9 heteroatoms. The average Bonchev–Trinajstić information content (AvgIpc) is 3.37.